The zero-order chi connectivity index (χ0) is 13.2. The number of halogens is 3. The Morgan fingerprint density at radius 1 is 1.47 bits per heavy atom. The van der Waals surface area contributed by atoms with Crippen LogP contribution in [0.3, 0.4) is 0 Å². The summed E-state index contributed by atoms with van der Waals surface area (Å²) >= 11 is 3.80. The van der Waals surface area contributed by atoms with Crippen LogP contribution in [0.4, 0.5) is 8.78 Å². The van der Waals surface area contributed by atoms with E-state index in [2.05, 4.69) is 17.4 Å². The highest BCUT2D eigenvalue weighted by Crippen LogP contribution is 2.31. The van der Waals surface area contributed by atoms with E-state index in [0.717, 1.165) is 12.1 Å². The van der Waals surface area contributed by atoms with Crippen molar-refractivity contribution in [1.29, 1.82) is 5.26 Å². The van der Waals surface area contributed by atoms with Gasteiger partial charge in [-0.1, -0.05) is 0 Å². The molecule has 0 spiro atoms. The fraction of sp³-hybridized carbons (Fsp3) is 0.125. The van der Waals surface area contributed by atoms with Crippen LogP contribution in [0.2, 0.25) is 0 Å². The highest BCUT2D eigenvalue weighted by Gasteiger charge is 2.19. The van der Waals surface area contributed by atoms with E-state index in [9.17, 15) is 17.2 Å². The van der Waals surface area contributed by atoms with Crippen molar-refractivity contribution in [1.82, 2.24) is 0 Å². The Bertz CT molecular complexity index is 583. The summed E-state index contributed by atoms with van der Waals surface area (Å²) in [6.45, 7) is -3.19. The van der Waals surface area contributed by atoms with Crippen LogP contribution in [0.5, 0.6) is 5.75 Å². The van der Waals surface area contributed by atoms with Crippen molar-refractivity contribution < 1.29 is 21.9 Å². The number of hydrogen-bond donors (Lipinski definition) is 1. The van der Waals surface area contributed by atoms with Gasteiger partial charge < -0.3 is 4.74 Å². The van der Waals surface area contributed by atoms with Gasteiger partial charge >= 0.3 is 6.61 Å². The molecule has 0 saturated heterocycles. The van der Waals surface area contributed by atoms with Crippen LogP contribution in [-0.2, 0) is 9.05 Å². The number of nitrogens with zero attached hydrogens (tertiary/aromatic N) is 1. The Morgan fingerprint density at radius 2 is 2.06 bits per heavy atom. The molecule has 1 aromatic carbocycles. The van der Waals surface area contributed by atoms with Crippen molar-refractivity contribution in [3.8, 4) is 11.8 Å². The Kier molecular flexibility index (Phi) is 4.19. The van der Waals surface area contributed by atoms with Crippen LogP contribution in [-0.4, -0.2) is 15.0 Å². The summed E-state index contributed by atoms with van der Waals surface area (Å²) in [5, 5.41) is 8.70. The second-order valence-electron chi connectivity index (χ2n) is 2.74. The molecule has 4 nitrogen and oxygen atoms in total. The Labute approximate surface area is 106 Å². The van der Waals surface area contributed by atoms with Crippen molar-refractivity contribution in [3.05, 3.63) is 17.7 Å². The van der Waals surface area contributed by atoms with E-state index >= 15 is 0 Å². The van der Waals surface area contributed by atoms with E-state index < -0.39 is 26.3 Å². The summed E-state index contributed by atoms with van der Waals surface area (Å²) in [7, 11) is 0.927. The molecule has 1 rings (SSSR count). The van der Waals surface area contributed by atoms with Crippen molar-refractivity contribution in [2.75, 3.05) is 0 Å². The first-order valence-corrected chi connectivity index (χ1v) is 6.68. The topological polar surface area (TPSA) is 67.2 Å². The van der Waals surface area contributed by atoms with Gasteiger partial charge in [-0.25, -0.2) is 8.42 Å². The average Bonchev–Trinajstić information content (AvgIpc) is 2.14. The number of thiol groups is 1. The summed E-state index contributed by atoms with van der Waals surface area (Å²) in [6, 6.07) is 3.29. The van der Waals surface area contributed by atoms with Crippen LogP contribution < -0.4 is 4.74 Å². The van der Waals surface area contributed by atoms with Crippen LogP contribution in [0.25, 0.3) is 0 Å². The normalized spacial score (nSPS) is 11.3. The van der Waals surface area contributed by atoms with Gasteiger partial charge in [0.2, 0.25) is 0 Å². The summed E-state index contributed by atoms with van der Waals surface area (Å²) in [5.41, 5.74) is -0.294. The number of nitriles is 1. The minimum atomic E-state index is -4.12. The van der Waals surface area contributed by atoms with Crippen molar-refractivity contribution >= 4 is 32.4 Å². The minimum Gasteiger partial charge on any atom is -0.433 e. The summed E-state index contributed by atoms with van der Waals surface area (Å²) in [5.74, 6) is -0.589. The molecule has 0 heterocycles. The molecule has 0 aliphatic rings. The lowest BCUT2D eigenvalue weighted by Crippen LogP contribution is -2.05. The molecule has 0 unspecified atom stereocenters. The van der Waals surface area contributed by atoms with Crippen LogP contribution in [0.1, 0.15) is 5.56 Å². The fourth-order valence-electron chi connectivity index (χ4n) is 1.02. The number of ether oxygens (including phenoxy) is 1. The molecular weight excluding hydrogens is 296 g/mol. The first-order chi connectivity index (χ1) is 7.75. The molecule has 0 aliphatic heterocycles. The fourth-order valence-corrected chi connectivity index (χ4v) is 2.18. The second-order valence-corrected chi connectivity index (χ2v) is 5.79. The molecule has 0 aromatic heterocycles. The lowest BCUT2D eigenvalue weighted by Gasteiger charge is -2.09. The summed E-state index contributed by atoms with van der Waals surface area (Å²) in [4.78, 5) is -0.594. The van der Waals surface area contributed by atoms with Crippen molar-refractivity contribution in [2.45, 2.75) is 16.4 Å². The zero-order valence-electron chi connectivity index (χ0n) is 7.89. The highest BCUT2D eigenvalue weighted by molar-refractivity contribution is 8.13. The number of hydrogen-bond acceptors (Lipinski definition) is 5. The van der Waals surface area contributed by atoms with E-state index in [1.165, 1.54) is 0 Å². The van der Waals surface area contributed by atoms with E-state index in [1.54, 1.807) is 6.07 Å². The van der Waals surface area contributed by atoms with Gasteiger partial charge in [0.15, 0.2) is 0 Å². The van der Waals surface area contributed by atoms with Crippen molar-refractivity contribution in [3.63, 3.8) is 0 Å². The molecule has 0 amide bonds. The lowest BCUT2D eigenvalue weighted by molar-refractivity contribution is -0.0503. The number of benzene rings is 1. The lowest BCUT2D eigenvalue weighted by atomic mass is 10.2. The third kappa shape index (κ3) is 3.46. The van der Waals surface area contributed by atoms with Gasteiger partial charge in [-0.2, -0.15) is 14.0 Å². The van der Waals surface area contributed by atoms with Gasteiger partial charge in [0.25, 0.3) is 9.05 Å². The molecule has 0 atom stereocenters. The van der Waals surface area contributed by atoms with Crippen LogP contribution >= 0.6 is 23.3 Å². The maximum Gasteiger partial charge on any atom is 0.387 e. The SMILES string of the molecule is N#Cc1c(S)cc(S(=O)(=O)Cl)cc1OC(F)F. The van der Waals surface area contributed by atoms with E-state index in [1.807, 2.05) is 0 Å². The largest absolute Gasteiger partial charge is 0.433 e. The highest BCUT2D eigenvalue weighted by atomic mass is 35.7. The molecule has 0 fully saturated rings. The Hall–Kier alpha value is -1.04. The van der Waals surface area contributed by atoms with Gasteiger partial charge in [-0.05, 0) is 6.07 Å². The second kappa shape index (κ2) is 5.08. The number of rotatable bonds is 3. The monoisotopic (exact) mass is 299 g/mol. The van der Waals surface area contributed by atoms with E-state index in [4.69, 9.17) is 15.9 Å². The third-order valence-corrected chi connectivity index (χ3v) is 3.35. The molecule has 0 N–H and O–H groups in total. The van der Waals surface area contributed by atoms with Gasteiger partial charge in [0.1, 0.15) is 17.4 Å². The predicted octanol–water partition coefficient (Wildman–Crippen LogP) is 2.38. The molecule has 0 saturated carbocycles. The molecule has 0 radical (unpaired) electrons. The van der Waals surface area contributed by atoms with Gasteiger partial charge in [-0.3, -0.25) is 0 Å². The zero-order valence-corrected chi connectivity index (χ0v) is 10.4. The quantitative estimate of drug-likeness (QED) is 0.687. The molecule has 0 bridgehead atoms. The van der Waals surface area contributed by atoms with Crippen molar-refractivity contribution in [2.24, 2.45) is 0 Å². The van der Waals surface area contributed by atoms with Crippen LogP contribution in [0, 0.1) is 11.3 Å². The average molecular weight is 300 g/mol. The first-order valence-electron chi connectivity index (χ1n) is 3.92. The summed E-state index contributed by atoms with van der Waals surface area (Å²) < 4.78 is 50.2. The van der Waals surface area contributed by atoms with E-state index in [-0.39, 0.29) is 10.5 Å². The molecule has 1 aromatic rings. The molecular formula is C8H4ClF2NO3S2. The van der Waals surface area contributed by atoms with Gasteiger partial charge in [-0.15, -0.1) is 12.6 Å². The minimum absolute atomic E-state index is 0.120. The number of alkyl halides is 2. The Balaban J connectivity index is 3.46. The third-order valence-electron chi connectivity index (χ3n) is 1.66. The predicted molar refractivity (Wildman–Crippen MR) is 58.1 cm³/mol. The standard InChI is InChI=1S/C8H4ClF2NO3S2/c9-17(13,14)4-1-6(15-8(10)11)5(3-12)7(16)2-4/h1-2,8,16H. The smallest absolute Gasteiger partial charge is 0.387 e. The maximum absolute atomic E-state index is 12.1. The summed E-state index contributed by atoms with van der Waals surface area (Å²) in [6.07, 6.45) is 0. The molecule has 17 heavy (non-hydrogen) atoms. The Morgan fingerprint density at radius 3 is 2.47 bits per heavy atom. The molecule has 0 aliphatic carbocycles. The van der Waals surface area contributed by atoms with Crippen LogP contribution in [0.15, 0.2) is 21.9 Å². The maximum atomic E-state index is 12.1. The molecule has 92 valence electrons. The van der Waals surface area contributed by atoms with Gasteiger partial charge in [0, 0.05) is 21.6 Å². The first kappa shape index (κ1) is 14.0. The molecule has 9 heteroatoms. The van der Waals surface area contributed by atoms with E-state index in [0.29, 0.717) is 0 Å². The van der Waals surface area contributed by atoms with Gasteiger partial charge in [0.05, 0.1) is 4.90 Å².